The molecule has 2 rings (SSSR count). The van der Waals surface area contributed by atoms with Crippen molar-refractivity contribution in [3.05, 3.63) is 24.4 Å². The molecule has 0 bridgehead atoms. The Bertz CT molecular complexity index is 452. The molecule has 2 heterocycles. The predicted molar refractivity (Wildman–Crippen MR) is 96.2 cm³/mol. The number of ether oxygens (including phenoxy) is 1. The highest BCUT2D eigenvalue weighted by molar-refractivity contribution is 14.0. The molecule has 1 aromatic rings. The number of pyridine rings is 1. The van der Waals surface area contributed by atoms with Crippen molar-refractivity contribution in [3.8, 4) is 0 Å². The van der Waals surface area contributed by atoms with Gasteiger partial charge in [0.1, 0.15) is 5.82 Å². The predicted octanol–water partition coefficient (Wildman–Crippen LogP) is 1.54. The molecule has 1 fully saturated rings. The van der Waals surface area contributed by atoms with Gasteiger partial charge in [0.05, 0.1) is 18.8 Å². The van der Waals surface area contributed by atoms with Crippen molar-refractivity contribution in [3.63, 3.8) is 0 Å². The molecule has 0 aromatic carbocycles. The molecule has 0 amide bonds. The monoisotopic (exact) mass is 405 g/mol. The summed E-state index contributed by atoms with van der Waals surface area (Å²) in [6.45, 7) is 8.43. The molecule has 0 aliphatic carbocycles. The fourth-order valence-corrected chi connectivity index (χ4v) is 2.22. The highest BCUT2D eigenvalue weighted by atomic mass is 127. The van der Waals surface area contributed by atoms with Gasteiger partial charge in [-0.15, -0.1) is 24.0 Å². The minimum atomic E-state index is -0.0697. The molecule has 0 saturated carbocycles. The lowest BCUT2D eigenvalue weighted by atomic mass is 10.1. The maximum absolute atomic E-state index is 5.83. The molecule has 7 heteroatoms. The number of aromatic nitrogens is 1. The molecule has 0 unspecified atom stereocenters. The fraction of sp³-hybridized carbons (Fsp3) is 0.571. The second kappa shape index (κ2) is 8.50. The highest BCUT2D eigenvalue weighted by Crippen LogP contribution is 2.15. The molecule has 0 spiro atoms. The van der Waals surface area contributed by atoms with Crippen LogP contribution in [0.5, 0.6) is 0 Å². The molecule has 21 heavy (non-hydrogen) atoms. The molecule has 3 N–H and O–H groups in total. The number of aliphatic imine (C=N–C) groups is 1. The van der Waals surface area contributed by atoms with E-state index in [0.717, 1.165) is 26.2 Å². The van der Waals surface area contributed by atoms with Crippen LogP contribution >= 0.6 is 24.0 Å². The topological polar surface area (TPSA) is 75.8 Å². The van der Waals surface area contributed by atoms with Crippen molar-refractivity contribution in [1.29, 1.82) is 0 Å². The van der Waals surface area contributed by atoms with E-state index in [-0.39, 0.29) is 29.6 Å². The van der Waals surface area contributed by atoms with E-state index in [4.69, 9.17) is 10.5 Å². The fourth-order valence-electron chi connectivity index (χ4n) is 2.22. The van der Waals surface area contributed by atoms with Crippen LogP contribution in [0, 0.1) is 0 Å². The van der Waals surface area contributed by atoms with Gasteiger partial charge in [-0.3, -0.25) is 9.89 Å². The van der Waals surface area contributed by atoms with E-state index in [0.29, 0.717) is 18.3 Å². The largest absolute Gasteiger partial charge is 0.373 e. The van der Waals surface area contributed by atoms with Crippen molar-refractivity contribution >= 4 is 35.8 Å². The van der Waals surface area contributed by atoms with Crippen LogP contribution in [0.1, 0.15) is 13.8 Å². The van der Waals surface area contributed by atoms with Crippen molar-refractivity contribution < 1.29 is 4.74 Å². The van der Waals surface area contributed by atoms with E-state index in [2.05, 4.69) is 34.0 Å². The summed E-state index contributed by atoms with van der Waals surface area (Å²) in [6.07, 6.45) is 1.71. The number of halogens is 1. The number of nitrogens with two attached hydrogens (primary N) is 1. The zero-order valence-corrected chi connectivity index (χ0v) is 14.9. The quantitative estimate of drug-likeness (QED) is 0.452. The van der Waals surface area contributed by atoms with Gasteiger partial charge in [-0.05, 0) is 26.0 Å². The maximum Gasteiger partial charge on any atom is 0.194 e. The van der Waals surface area contributed by atoms with Crippen molar-refractivity contribution in [2.24, 2.45) is 10.7 Å². The molecule has 6 nitrogen and oxygen atoms in total. The molecule has 1 aliphatic rings. The summed E-state index contributed by atoms with van der Waals surface area (Å²) in [6, 6.07) is 5.62. The third-order valence-electron chi connectivity index (χ3n) is 3.12. The Hall–Kier alpha value is -0.930. The average Bonchev–Trinajstić information content (AvgIpc) is 2.38. The highest BCUT2D eigenvalue weighted by Gasteiger charge is 2.26. The van der Waals surface area contributed by atoms with E-state index >= 15 is 0 Å². The van der Waals surface area contributed by atoms with Gasteiger partial charge < -0.3 is 15.8 Å². The van der Waals surface area contributed by atoms with Gasteiger partial charge >= 0.3 is 0 Å². The normalized spacial score (nSPS) is 18.9. The third kappa shape index (κ3) is 6.58. The number of anilines is 1. The summed E-state index contributed by atoms with van der Waals surface area (Å²) in [5.74, 6) is 1.11. The van der Waals surface area contributed by atoms with Crippen LogP contribution in [-0.2, 0) is 4.74 Å². The number of nitrogens with zero attached hydrogens (tertiary/aromatic N) is 3. The number of guanidine groups is 1. The zero-order valence-electron chi connectivity index (χ0n) is 12.6. The summed E-state index contributed by atoms with van der Waals surface area (Å²) in [5, 5.41) is 2.97. The number of nitrogens with one attached hydrogen (secondary N) is 1. The van der Waals surface area contributed by atoms with E-state index in [1.165, 1.54) is 0 Å². The molecule has 0 radical (unpaired) electrons. The Kier molecular flexibility index (Phi) is 7.33. The van der Waals surface area contributed by atoms with Gasteiger partial charge in [-0.1, -0.05) is 6.07 Å². The molecular weight excluding hydrogens is 381 g/mol. The summed E-state index contributed by atoms with van der Waals surface area (Å²) in [4.78, 5) is 10.8. The summed E-state index contributed by atoms with van der Waals surface area (Å²) in [5.41, 5.74) is 5.76. The van der Waals surface area contributed by atoms with E-state index in [1.54, 1.807) is 6.20 Å². The number of morpholine rings is 1. The van der Waals surface area contributed by atoms with Gasteiger partial charge in [-0.25, -0.2) is 4.98 Å². The van der Waals surface area contributed by atoms with E-state index in [1.807, 2.05) is 18.2 Å². The van der Waals surface area contributed by atoms with Gasteiger partial charge in [0.15, 0.2) is 5.96 Å². The van der Waals surface area contributed by atoms with Crippen molar-refractivity contribution in [1.82, 2.24) is 9.88 Å². The van der Waals surface area contributed by atoms with Gasteiger partial charge in [-0.2, -0.15) is 0 Å². The van der Waals surface area contributed by atoms with Gasteiger partial charge in [0, 0.05) is 25.8 Å². The maximum atomic E-state index is 5.83. The Labute approximate surface area is 143 Å². The molecule has 118 valence electrons. The van der Waals surface area contributed by atoms with Crippen LogP contribution in [0.4, 0.5) is 5.82 Å². The molecule has 1 aliphatic heterocycles. The van der Waals surface area contributed by atoms with E-state index < -0.39 is 0 Å². The molecule has 1 saturated heterocycles. The summed E-state index contributed by atoms with van der Waals surface area (Å²) in [7, 11) is 0. The Morgan fingerprint density at radius 3 is 3.00 bits per heavy atom. The standard InChI is InChI=1S/C14H23N5O.HI/c1-14(2)11-19(9-10-20-14)8-7-17-13(15)18-12-5-3-4-6-16-12;/h3-6H,7-11H2,1-2H3,(H3,15,16,17,18);1H. The van der Waals surface area contributed by atoms with Crippen LogP contribution < -0.4 is 11.1 Å². The summed E-state index contributed by atoms with van der Waals surface area (Å²) < 4.78 is 5.68. The minimum absolute atomic E-state index is 0. The second-order valence-electron chi connectivity index (χ2n) is 5.49. The van der Waals surface area contributed by atoms with Crippen LogP contribution in [0.3, 0.4) is 0 Å². The Balaban J connectivity index is 0.00000220. The van der Waals surface area contributed by atoms with Crippen molar-refractivity contribution in [2.75, 3.05) is 38.1 Å². The first-order valence-electron chi connectivity index (χ1n) is 6.89. The zero-order chi connectivity index (χ0) is 14.4. The minimum Gasteiger partial charge on any atom is -0.373 e. The first-order valence-corrected chi connectivity index (χ1v) is 6.89. The van der Waals surface area contributed by atoms with Crippen molar-refractivity contribution in [2.45, 2.75) is 19.4 Å². The lowest BCUT2D eigenvalue weighted by Gasteiger charge is -2.37. The summed E-state index contributed by atoms with van der Waals surface area (Å²) >= 11 is 0. The number of rotatable bonds is 4. The molecule has 0 atom stereocenters. The first kappa shape index (κ1) is 18.1. The average molecular weight is 405 g/mol. The molecule has 1 aromatic heterocycles. The van der Waals surface area contributed by atoms with E-state index in [9.17, 15) is 0 Å². The molecular formula is C14H24IN5O. The van der Waals surface area contributed by atoms with Gasteiger partial charge in [0.25, 0.3) is 0 Å². The van der Waals surface area contributed by atoms with Crippen LogP contribution in [0.25, 0.3) is 0 Å². The SMILES string of the molecule is CC1(C)CN(CCN=C(N)Nc2ccccn2)CCO1.I. The van der Waals surface area contributed by atoms with Crippen LogP contribution in [0.2, 0.25) is 0 Å². The lowest BCUT2D eigenvalue weighted by Crippen LogP contribution is -2.49. The third-order valence-corrected chi connectivity index (χ3v) is 3.12. The first-order chi connectivity index (χ1) is 9.55. The van der Waals surface area contributed by atoms with Gasteiger partial charge in [0.2, 0.25) is 0 Å². The van der Waals surface area contributed by atoms with Crippen LogP contribution in [-0.4, -0.2) is 54.2 Å². The smallest absolute Gasteiger partial charge is 0.194 e. The second-order valence-corrected chi connectivity index (χ2v) is 5.49. The lowest BCUT2D eigenvalue weighted by molar-refractivity contribution is -0.0850. The number of hydrogen-bond donors (Lipinski definition) is 2. The number of hydrogen-bond acceptors (Lipinski definition) is 4. The Morgan fingerprint density at radius 2 is 2.33 bits per heavy atom. The Morgan fingerprint density at radius 1 is 1.52 bits per heavy atom. The van der Waals surface area contributed by atoms with Crippen LogP contribution in [0.15, 0.2) is 29.4 Å².